The van der Waals surface area contributed by atoms with Crippen molar-refractivity contribution in [3.05, 3.63) is 35.9 Å². The minimum atomic E-state index is -4.43. The van der Waals surface area contributed by atoms with Gasteiger partial charge < -0.3 is 4.55 Å². The van der Waals surface area contributed by atoms with Gasteiger partial charge in [0.05, 0.1) is 4.90 Å². The second kappa shape index (κ2) is 4.43. The molecular weight excluding hydrogens is 276 g/mol. The van der Waals surface area contributed by atoms with E-state index >= 15 is 0 Å². The Hall–Kier alpha value is -1.28. The molecule has 1 unspecified atom stereocenters. The molecule has 0 aliphatic heterocycles. The number of hydrogen-bond acceptors (Lipinski definition) is 4. The Balaban J connectivity index is 2.92. The van der Waals surface area contributed by atoms with Crippen molar-refractivity contribution < 1.29 is 21.7 Å². The number of hydrogen-bond donors (Lipinski definition) is 1. The molecule has 2 aromatic carbocycles. The summed E-state index contributed by atoms with van der Waals surface area (Å²) in [5.41, 5.74) is 0.855. The topological polar surface area (TPSA) is 94.5 Å². The van der Waals surface area contributed by atoms with Crippen LogP contribution in [-0.2, 0) is 21.2 Å². The van der Waals surface area contributed by atoms with Crippen molar-refractivity contribution in [3.63, 3.8) is 0 Å². The normalized spacial score (nSPS) is 13.7. The predicted octanol–water partition coefficient (Wildman–Crippen LogP) is 1.63. The molecule has 0 heterocycles. The highest BCUT2D eigenvalue weighted by Gasteiger charge is 2.14. The quantitative estimate of drug-likeness (QED) is 0.668. The fourth-order valence-electron chi connectivity index (χ4n) is 1.70. The van der Waals surface area contributed by atoms with Crippen LogP contribution >= 0.6 is 0 Å². The zero-order valence-corrected chi connectivity index (χ0v) is 10.9. The van der Waals surface area contributed by atoms with Crippen molar-refractivity contribution >= 4 is 32.0 Å². The van der Waals surface area contributed by atoms with Gasteiger partial charge in [-0.15, -0.1) is 0 Å². The van der Waals surface area contributed by atoms with Gasteiger partial charge in [0.2, 0.25) is 0 Å². The third-order valence-electron chi connectivity index (χ3n) is 2.52. The first-order valence-corrected chi connectivity index (χ1v) is 7.42. The van der Waals surface area contributed by atoms with Gasteiger partial charge in [-0.1, -0.05) is 23.8 Å². The summed E-state index contributed by atoms with van der Waals surface area (Å²) in [4.78, 5) is -0.582. The first kappa shape index (κ1) is 13.2. The maximum Gasteiger partial charge on any atom is 0.294 e. The van der Waals surface area contributed by atoms with E-state index in [1.165, 1.54) is 6.07 Å². The van der Waals surface area contributed by atoms with E-state index in [1.54, 1.807) is 25.1 Å². The lowest BCUT2D eigenvalue weighted by atomic mass is 10.1. The largest absolute Gasteiger partial charge is 0.768 e. The molecule has 0 aromatic heterocycles. The first-order chi connectivity index (χ1) is 8.29. The Labute approximate surface area is 106 Å². The first-order valence-electron chi connectivity index (χ1n) is 4.90. The maximum atomic E-state index is 11.1. The predicted molar refractivity (Wildman–Crippen MR) is 65.7 cm³/mol. The zero-order chi connectivity index (χ0) is 13.5. The van der Waals surface area contributed by atoms with Crippen molar-refractivity contribution in [2.24, 2.45) is 0 Å². The van der Waals surface area contributed by atoms with E-state index in [1.807, 2.05) is 0 Å². The molecule has 2 rings (SSSR count). The van der Waals surface area contributed by atoms with Crippen LogP contribution < -0.4 is 0 Å². The van der Waals surface area contributed by atoms with Gasteiger partial charge in [0.25, 0.3) is 10.1 Å². The highest BCUT2D eigenvalue weighted by Crippen LogP contribution is 2.26. The lowest BCUT2D eigenvalue weighted by molar-refractivity contribution is 0.483. The van der Waals surface area contributed by atoms with Crippen LogP contribution in [0, 0.1) is 6.92 Å². The van der Waals surface area contributed by atoms with Crippen LogP contribution in [0.4, 0.5) is 0 Å². The highest BCUT2D eigenvalue weighted by molar-refractivity contribution is 7.86. The van der Waals surface area contributed by atoms with E-state index in [0.29, 0.717) is 10.8 Å². The number of rotatable bonds is 2. The smallest absolute Gasteiger partial charge is 0.294 e. The summed E-state index contributed by atoms with van der Waals surface area (Å²) >= 11 is -2.58. The third kappa shape index (κ3) is 2.44. The summed E-state index contributed by atoms with van der Waals surface area (Å²) < 4.78 is 53.4. The van der Waals surface area contributed by atoms with Gasteiger partial charge in [-0.05, 0) is 40.9 Å². The molecule has 96 valence electrons. The summed E-state index contributed by atoms with van der Waals surface area (Å²) in [6.45, 7) is 1.80. The number of benzene rings is 2. The standard InChI is InChI=1S/C11H10O5S2/c1-7-2-3-8-5-9(18(14,15)16)6-11(17(12)13)10(8)4-7/h2-6H,1H3,(H,12,13)(H,14,15,16)/p-1. The maximum absolute atomic E-state index is 11.1. The van der Waals surface area contributed by atoms with Crippen molar-refractivity contribution in [1.82, 2.24) is 0 Å². The lowest BCUT2D eigenvalue weighted by Gasteiger charge is -2.11. The van der Waals surface area contributed by atoms with E-state index in [4.69, 9.17) is 4.55 Å². The van der Waals surface area contributed by atoms with Gasteiger partial charge in [0.1, 0.15) is 0 Å². The molecule has 1 atom stereocenters. The summed E-state index contributed by atoms with van der Waals surface area (Å²) in [5.74, 6) is 0. The zero-order valence-electron chi connectivity index (χ0n) is 9.28. The van der Waals surface area contributed by atoms with Crippen molar-refractivity contribution in [3.8, 4) is 0 Å². The molecule has 0 radical (unpaired) electrons. The van der Waals surface area contributed by atoms with Crippen LogP contribution in [0.1, 0.15) is 5.56 Å². The van der Waals surface area contributed by atoms with Crippen molar-refractivity contribution in [2.45, 2.75) is 16.7 Å². The lowest BCUT2D eigenvalue weighted by Crippen LogP contribution is -2.01. The molecule has 0 fully saturated rings. The number of fused-ring (bicyclic) bond motifs is 1. The minimum absolute atomic E-state index is 0.149. The molecule has 0 spiro atoms. The molecule has 0 aliphatic carbocycles. The summed E-state index contributed by atoms with van der Waals surface area (Å²) in [6.07, 6.45) is 0. The van der Waals surface area contributed by atoms with Crippen LogP contribution in [0.25, 0.3) is 10.8 Å². The molecule has 0 amide bonds. The van der Waals surface area contributed by atoms with Gasteiger partial charge in [0.15, 0.2) is 0 Å². The molecule has 18 heavy (non-hydrogen) atoms. The Kier molecular flexibility index (Phi) is 3.24. The SMILES string of the molecule is Cc1ccc2cc(S(=O)(=O)O)cc(S(=O)[O-])c2c1. The molecule has 0 aliphatic rings. The summed E-state index contributed by atoms with van der Waals surface area (Å²) in [7, 11) is -4.43. The highest BCUT2D eigenvalue weighted by atomic mass is 32.2. The second-order valence-electron chi connectivity index (χ2n) is 3.86. The average molecular weight is 285 g/mol. The Morgan fingerprint density at radius 3 is 2.44 bits per heavy atom. The monoisotopic (exact) mass is 285 g/mol. The molecule has 0 saturated carbocycles. The van der Waals surface area contributed by atoms with Crippen molar-refractivity contribution in [1.29, 1.82) is 0 Å². The molecule has 0 bridgehead atoms. The molecule has 2 aromatic rings. The molecule has 1 N–H and O–H groups in total. The average Bonchev–Trinajstić information content (AvgIpc) is 2.25. The van der Waals surface area contributed by atoms with Gasteiger partial charge in [0, 0.05) is 4.90 Å². The molecular formula is C11H9O5S2-. The van der Waals surface area contributed by atoms with Gasteiger partial charge in [-0.2, -0.15) is 8.42 Å². The summed E-state index contributed by atoms with van der Waals surface area (Å²) in [6, 6.07) is 7.16. The van der Waals surface area contributed by atoms with Gasteiger partial charge in [-0.25, -0.2) is 0 Å². The molecule has 7 heteroatoms. The fourth-order valence-corrected chi connectivity index (χ4v) is 2.89. The Morgan fingerprint density at radius 1 is 1.22 bits per heavy atom. The van der Waals surface area contributed by atoms with E-state index in [0.717, 1.165) is 11.6 Å². The van der Waals surface area contributed by atoms with Crippen molar-refractivity contribution in [2.75, 3.05) is 0 Å². The second-order valence-corrected chi connectivity index (χ2v) is 6.19. The van der Waals surface area contributed by atoms with Crippen LogP contribution in [0.3, 0.4) is 0 Å². The molecule has 0 saturated heterocycles. The van der Waals surface area contributed by atoms with E-state index in [2.05, 4.69) is 0 Å². The van der Waals surface area contributed by atoms with E-state index in [9.17, 15) is 17.2 Å². The summed E-state index contributed by atoms with van der Waals surface area (Å²) in [5, 5.41) is 0.866. The Bertz CT molecular complexity index is 749. The minimum Gasteiger partial charge on any atom is -0.768 e. The fraction of sp³-hybridized carbons (Fsp3) is 0.0909. The van der Waals surface area contributed by atoms with Crippen LogP contribution in [0.2, 0.25) is 0 Å². The van der Waals surface area contributed by atoms with E-state index < -0.39 is 26.1 Å². The van der Waals surface area contributed by atoms with Crippen LogP contribution in [0.15, 0.2) is 40.1 Å². The number of aryl methyl sites for hydroxylation is 1. The van der Waals surface area contributed by atoms with Crippen LogP contribution in [0.5, 0.6) is 0 Å². The van der Waals surface area contributed by atoms with Gasteiger partial charge in [-0.3, -0.25) is 8.76 Å². The third-order valence-corrected chi connectivity index (χ3v) is 4.05. The molecule has 5 nitrogen and oxygen atoms in total. The van der Waals surface area contributed by atoms with Crippen LogP contribution in [-0.4, -0.2) is 21.7 Å². The Morgan fingerprint density at radius 2 is 1.89 bits per heavy atom. The van der Waals surface area contributed by atoms with E-state index in [-0.39, 0.29) is 4.90 Å². The van der Waals surface area contributed by atoms with Gasteiger partial charge >= 0.3 is 0 Å².